The van der Waals surface area contributed by atoms with E-state index in [0.29, 0.717) is 27.9 Å². The van der Waals surface area contributed by atoms with Crippen LogP contribution >= 0.6 is 11.6 Å². The van der Waals surface area contributed by atoms with E-state index >= 15 is 0 Å². The zero-order valence-corrected chi connectivity index (χ0v) is 14.2. The van der Waals surface area contributed by atoms with Crippen molar-refractivity contribution in [1.82, 2.24) is 10.3 Å². The second-order valence-corrected chi connectivity index (χ2v) is 7.44. The van der Waals surface area contributed by atoms with E-state index in [4.69, 9.17) is 16.0 Å². The molecule has 23 heavy (non-hydrogen) atoms. The van der Waals surface area contributed by atoms with Gasteiger partial charge in [0.1, 0.15) is 11.5 Å². The van der Waals surface area contributed by atoms with Gasteiger partial charge >= 0.3 is 0 Å². The van der Waals surface area contributed by atoms with Crippen LogP contribution in [0.25, 0.3) is 11.5 Å². The molecule has 1 aromatic heterocycles. The summed E-state index contributed by atoms with van der Waals surface area (Å²) in [6.45, 7) is 1.77. The van der Waals surface area contributed by atoms with Crippen molar-refractivity contribution in [2.75, 3.05) is 5.75 Å². The van der Waals surface area contributed by atoms with E-state index in [1.165, 1.54) is 0 Å². The highest BCUT2D eigenvalue weighted by atomic mass is 35.5. The van der Waals surface area contributed by atoms with Gasteiger partial charge in [-0.1, -0.05) is 23.7 Å². The molecule has 0 bridgehead atoms. The lowest BCUT2D eigenvalue weighted by atomic mass is 10.2. The molecule has 0 saturated heterocycles. The van der Waals surface area contributed by atoms with E-state index in [1.54, 1.807) is 13.0 Å². The smallest absolute Gasteiger partial charge is 0.232 e. The molecule has 0 aliphatic heterocycles. The average Bonchev–Trinajstić information content (AvgIpc) is 3.22. The van der Waals surface area contributed by atoms with Crippen molar-refractivity contribution in [3.05, 3.63) is 40.7 Å². The molecule has 1 N–H and O–H groups in total. The van der Waals surface area contributed by atoms with Crippen molar-refractivity contribution in [2.24, 2.45) is 0 Å². The number of amides is 1. The van der Waals surface area contributed by atoms with Crippen molar-refractivity contribution in [3.63, 3.8) is 0 Å². The molecule has 122 valence electrons. The number of nitrogens with zero attached hydrogens (tertiary/aromatic N) is 1. The molecule has 1 aliphatic carbocycles. The van der Waals surface area contributed by atoms with E-state index in [2.05, 4.69) is 10.3 Å². The molecule has 1 heterocycles. The van der Waals surface area contributed by atoms with Gasteiger partial charge in [0.2, 0.25) is 11.8 Å². The lowest BCUT2D eigenvalue weighted by molar-refractivity contribution is -0.118. The predicted molar refractivity (Wildman–Crippen MR) is 89.6 cm³/mol. The van der Waals surface area contributed by atoms with E-state index in [1.807, 2.05) is 18.2 Å². The first-order chi connectivity index (χ1) is 11.0. The first kappa shape index (κ1) is 16.2. The minimum Gasteiger partial charge on any atom is -0.441 e. The maximum Gasteiger partial charge on any atom is 0.232 e. The third-order valence-electron chi connectivity index (χ3n) is 3.53. The highest BCUT2D eigenvalue weighted by Crippen LogP contribution is 2.28. The summed E-state index contributed by atoms with van der Waals surface area (Å²) < 4.78 is 17.8. The lowest BCUT2D eigenvalue weighted by Crippen LogP contribution is -2.30. The monoisotopic (exact) mass is 352 g/mol. The number of aromatic nitrogens is 1. The number of oxazole rings is 1. The largest absolute Gasteiger partial charge is 0.441 e. The first-order valence-corrected chi connectivity index (χ1v) is 9.25. The van der Waals surface area contributed by atoms with Crippen molar-refractivity contribution in [1.29, 1.82) is 0 Å². The number of hydrogen-bond acceptors (Lipinski definition) is 4. The van der Waals surface area contributed by atoms with Gasteiger partial charge in [-0.15, -0.1) is 0 Å². The third-order valence-corrected chi connectivity index (χ3v) is 5.04. The lowest BCUT2D eigenvalue weighted by Gasteiger charge is -2.02. The molecule has 0 spiro atoms. The zero-order chi connectivity index (χ0) is 16.4. The maximum atomic E-state index is 12.1. The van der Waals surface area contributed by atoms with Crippen molar-refractivity contribution >= 4 is 28.3 Å². The van der Waals surface area contributed by atoms with Gasteiger partial charge in [-0.2, -0.15) is 0 Å². The summed E-state index contributed by atoms with van der Waals surface area (Å²) in [5, 5.41) is 3.38. The van der Waals surface area contributed by atoms with Crippen LogP contribution in [0.2, 0.25) is 5.02 Å². The summed E-state index contributed by atoms with van der Waals surface area (Å²) in [5.41, 5.74) is 1.29. The molecule has 1 fully saturated rings. The Kier molecular flexibility index (Phi) is 4.82. The molecule has 2 aromatic rings. The van der Waals surface area contributed by atoms with Gasteiger partial charge < -0.3 is 9.73 Å². The van der Waals surface area contributed by atoms with Crippen LogP contribution in [-0.2, 0) is 21.3 Å². The number of halogens is 1. The normalized spacial score (nSPS) is 15.4. The topological polar surface area (TPSA) is 72.2 Å². The Morgan fingerprint density at radius 1 is 1.43 bits per heavy atom. The maximum absolute atomic E-state index is 12.1. The van der Waals surface area contributed by atoms with E-state index < -0.39 is 10.8 Å². The molecule has 0 unspecified atom stereocenters. The van der Waals surface area contributed by atoms with Gasteiger partial charge in [0.05, 0.1) is 22.0 Å². The predicted octanol–water partition coefficient (Wildman–Crippen LogP) is 2.83. The summed E-state index contributed by atoms with van der Waals surface area (Å²) in [4.78, 5) is 16.1. The van der Waals surface area contributed by atoms with Gasteiger partial charge in [0.25, 0.3) is 0 Å². The molecule has 1 aliphatic rings. The quantitative estimate of drug-likeness (QED) is 0.867. The van der Waals surface area contributed by atoms with Gasteiger partial charge in [-0.25, -0.2) is 4.98 Å². The number of aryl methyl sites for hydroxylation is 1. The molecular weight excluding hydrogens is 336 g/mol. The Morgan fingerprint density at radius 3 is 2.87 bits per heavy atom. The SMILES string of the molecule is Cc1oc(-c2ccccc2Cl)nc1C[S@@](=O)CC(=O)NC1CC1. The molecule has 3 rings (SSSR count). The molecule has 5 nitrogen and oxygen atoms in total. The van der Waals surface area contributed by atoms with Crippen LogP contribution in [0.3, 0.4) is 0 Å². The molecular formula is C16H17ClN2O3S. The second kappa shape index (κ2) is 6.84. The summed E-state index contributed by atoms with van der Waals surface area (Å²) in [7, 11) is -1.32. The van der Waals surface area contributed by atoms with Crippen molar-refractivity contribution in [3.8, 4) is 11.5 Å². The minimum absolute atomic E-state index is 0.00970. The van der Waals surface area contributed by atoms with Crippen LogP contribution < -0.4 is 5.32 Å². The van der Waals surface area contributed by atoms with Gasteiger partial charge in [-0.05, 0) is 31.9 Å². The Hall–Kier alpha value is -1.66. The molecule has 1 saturated carbocycles. The Balaban J connectivity index is 1.67. The van der Waals surface area contributed by atoms with Crippen molar-refractivity contribution < 1.29 is 13.4 Å². The minimum atomic E-state index is -1.32. The number of benzene rings is 1. The number of rotatable bonds is 6. The zero-order valence-electron chi connectivity index (χ0n) is 12.7. The van der Waals surface area contributed by atoms with Crippen LogP contribution in [0.4, 0.5) is 0 Å². The Labute approximate surface area is 141 Å². The molecule has 1 amide bonds. The van der Waals surface area contributed by atoms with Crippen LogP contribution in [0.5, 0.6) is 0 Å². The highest BCUT2D eigenvalue weighted by Gasteiger charge is 2.24. The van der Waals surface area contributed by atoms with E-state index in [0.717, 1.165) is 12.8 Å². The molecule has 1 atom stereocenters. The summed E-state index contributed by atoms with van der Waals surface area (Å²) >= 11 is 6.14. The Bertz CT molecular complexity index is 756. The van der Waals surface area contributed by atoms with Crippen LogP contribution in [-0.4, -0.2) is 26.9 Å². The van der Waals surface area contributed by atoms with Gasteiger partial charge in [0, 0.05) is 16.8 Å². The molecule has 0 radical (unpaired) electrons. The Morgan fingerprint density at radius 2 is 2.17 bits per heavy atom. The summed E-state index contributed by atoms with van der Waals surface area (Å²) in [5.74, 6) is 1.01. The number of carbonyl (C=O) groups excluding carboxylic acids is 1. The second-order valence-electron chi connectivity index (χ2n) is 5.57. The molecule has 1 aromatic carbocycles. The van der Waals surface area contributed by atoms with Gasteiger partial charge in [0.15, 0.2) is 0 Å². The van der Waals surface area contributed by atoms with Crippen LogP contribution in [0, 0.1) is 6.92 Å². The van der Waals surface area contributed by atoms with Crippen LogP contribution in [0.1, 0.15) is 24.3 Å². The third kappa shape index (κ3) is 4.20. The number of carbonyl (C=O) groups is 1. The fourth-order valence-corrected chi connectivity index (χ4v) is 3.43. The van der Waals surface area contributed by atoms with Gasteiger partial charge in [-0.3, -0.25) is 9.00 Å². The average molecular weight is 353 g/mol. The summed E-state index contributed by atoms with van der Waals surface area (Å²) in [6.07, 6.45) is 2.03. The van der Waals surface area contributed by atoms with E-state index in [9.17, 15) is 9.00 Å². The fraction of sp³-hybridized carbons (Fsp3) is 0.375. The standard InChI is InChI=1S/C16H17ClN2O3S/c1-10-14(8-23(21)9-15(20)18-11-6-7-11)19-16(22-10)12-4-2-3-5-13(12)17/h2-5,11H,6-9H2,1H3,(H,18,20)/t23-/m1/s1. The summed E-state index contributed by atoms with van der Waals surface area (Å²) in [6, 6.07) is 7.53. The number of hydrogen-bond donors (Lipinski definition) is 1. The van der Waals surface area contributed by atoms with E-state index in [-0.39, 0.29) is 23.5 Å². The molecule has 7 heteroatoms. The highest BCUT2D eigenvalue weighted by molar-refractivity contribution is 7.84. The fourth-order valence-electron chi connectivity index (χ4n) is 2.16. The number of nitrogens with one attached hydrogen (secondary N) is 1. The van der Waals surface area contributed by atoms with Crippen LogP contribution in [0.15, 0.2) is 28.7 Å². The van der Waals surface area contributed by atoms with Crippen molar-refractivity contribution in [2.45, 2.75) is 31.6 Å². The first-order valence-electron chi connectivity index (χ1n) is 7.38.